The van der Waals surface area contributed by atoms with Crippen LogP contribution in [0.3, 0.4) is 0 Å². The minimum absolute atomic E-state index is 0.986. The third-order valence-corrected chi connectivity index (χ3v) is 5.20. The fourth-order valence-electron chi connectivity index (χ4n) is 2.01. The van der Waals surface area contributed by atoms with Gasteiger partial charge in [0.15, 0.2) is 0 Å². The highest BCUT2D eigenvalue weighted by atomic mass is 32.2. The SMILES string of the molecule is c1ccc(SCc2ccc(CSc3ccccc3)[nH]2)cc1. The van der Waals surface area contributed by atoms with E-state index in [4.69, 9.17) is 0 Å². The van der Waals surface area contributed by atoms with Crippen LogP contribution in [0.1, 0.15) is 11.4 Å². The molecule has 0 radical (unpaired) electrons. The van der Waals surface area contributed by atoms with E-state index in [0.29, 0.717) is 0 Å². The van der Waals surface area contributed by atoms with Crippen LogP contribution >= 0.6 is 23.5 Å². The van der Waals surface area contributed by atoms with Gasteiger partial charge in [-0.3, -0.25) is 0 Å². The Kier molecular flexibility index (Phi) is 5.08. The van der Waals surface area contributed by atoms with Crippen LogP contribution in [0.5, 0.6) is 0 Å². The highest BCUT2D eigenvalue weighted by molar-refractivity contribution is 7.98. The number of benzene rings is 2. The molecule has 0 bridgehead atoms. The lowest BCUT2D eigenvalue weighted by atomic mass is 10.4. The van der Waals surface area contributed by atoms with Gasteiger partial charge in [-0.05, 0) is 36.4 Å². The Morgan fingerprint density at radius 1 is 0.571 bits per heavy atom. The summed E-state index contributed by atoms with van der Waals surface area (Å²) in [6.07, 6.45) is 0. The molecule has 3 rings (SSSR count). The van der Waals surface area contributed by atoms with Crippen molar-refractivity contribution >= 4 is 23.5 Å². The van der Waals surface area contributed by atoms with Gasteiger partial charge in [-0.25, -0.2) is 0 Å². The Hall–Kier alpha value is -1.58. The molecule has 3 heteroatoms. The molecule has 0 saturated heterocycles. The van der Waals surface area contributed by atoms with E-state index < -0.39 is 0 Å². The molecule has 0 spiro atoms. The van der Waals surface area contributed by atoms with Crippen LogP contribution in [0.4, 0.5) is 0 Å². The van der Waals surface area contributed by atoms with Crippen LogP contribution in [-0.4, -0.2) is 4.98 Å². The summed E-state index contributed by atoms with van der Waals surface area (Å²) in [6, 6.07) is 25.4. The molecule has 0 unspecified atom stereocenters. The molecule has 0 amide bonds. The van der Waals surface area contributed by atoms with Crippen LogP contribution in [0.2, 0.25) is 0 Å². The first kappa shape index (κ1) is 14.4. The van der Waals surface area contributed by atoms with Gasteiger partial charge in [-0.15, -0.1) is 23.5 Å². The van der Waals surface area contributed by atoms with Crippen molar-refractivity contribution in [3.8, 4) is 0 Å². The summed E-state index contributed by atoms with van der Waals surface area (Å²) in [5, 5.41) is 0. The Labute approximate surface area is 134 Å². The smallest absolute Gasteiger partial charge is 0.0383 e. The molecule has 1 heterocycles. The molecule has 0 aliphatic carbocycles. The average molecular weight is 311 g/mol. The molecule has 0 fully saturated rings. The Balaban J connectivity index is 1.52. The molecule has 0 saturated carbocycles. The fourth-order valence-corrected chi connectivity index (χ4v) is 3.70. The highest BCUT2D eigenvalue weighted by Gasteiger charge is 2.01. The molecular formula is C18H17NS2. The molecule has 21 heavy (non-hydrogen) atoms. The lowest BCUT2D eigenvalue weighted by Gasteiger charge is -2.01. The van der Waals surface area contributed by atoms with E-state index in [2.05, 4.69) is 77.8 Å². The van der Waals surface area contributed by atoms with E-state index in [1.54, 1.807) is 0 Å². The number of hydrogen-bond donors (Lipinski definition) is 1. The van der Waals surface area contributed by atoms with Gasteiger partial charge in [0.1, 0.15) is 0 Å². The lowest BCUT2D eigenvalue weighted by molar-refractivity contribution is 1.15. The Morgan fingerprint density at radius 3 is 1.43 bits per heavy atom. The first-order valence-corrected chi connectivity index (χ1v) is 8.90. The number of thioether (sulfide) groups is 2. The molecular weight excluding hydrogens is 294 g/mol. The second-order valence-corrected chi connectivity index (χ2v) is 6.81. The number of H-pyrrole nitrogens is 1. The topological polar surface area (TPSA) is 15.8 Å². The van der Waals surface area contributed by atoms with Crippen LogP contribution in [0.15, 0.2) is 82.6 Å². The van der Waals surface area contributed by atoms with Gasteiger partial charge in [0.25, 0.3) is 0 Å². The van der Waals surface area contributed by atoms with Gasteiger partial charge in [0, 0.05) is 32.7 Å². The second-order valence-electron chi connectivity index (χ2n) is 4.71. The molecule has 2 aromatic carbocycles. The number of hydrogen-bond acceptors (Lipinski definition) is 2. The zero-order chi connectivity index (χ0) is 14.3. The standard InChI is InChI=1S/C18H17NS2/c1-3-7-17(8-4-1)20-13-15-11-12-16(19-15)14-21-18-9-5-2-6-10-18/h1-12,19H,13-14H2. The molecule has 106 valence electrons. The molecule has 3 aromatic rings. The molecule has 1 N–H and O–H groups in total. The second kappa shape index (κ2) is 7.43. The number of aromatic amines is 1. The van der Waals surface area contributed by atoms with E-state index in [1.807, 2.05) is 23.5 Å². The molecule has 1 nitrogen and oxygen atoms in total. The van der Waals surface area contributed by atoms with Crippen molar-refractivity contribution in [2.75, 3.05) is 0 Å². The molecule has 0 aliphatic rings. The number of rotatable bonds is 6. The normalized spacial score (nSPS) is 10.7. The van der Waals surface area contributed by atoms with Crippen molar-refractivity contribution in [2.45, 2.75) is 21.3 Å². The average Bonchev–Trinajstić information content (AvgIpc) is 3.01. The van der Waals surface area contributed by atoms with E-state index in [0.717, 1.165) is 11.5 Å². The van der Waals surface area contributed by atoms with Gasteiger partial charge in [-0.2, -0.15) is 0 Å². The van der Waals surface area contributed by atoms with Crippen molar-refractivity contribution in [1.29, 1.82) is 0 Å². The van der Waals surface area contributed by atoms with Gasteiger partial charge in [0.05, 0.1) is 0 Å². The predicted octanol–water partition coefficient (Wildman–Crippen LogP) is 5.60. The maximum absolute atomic E-state index is 3.51. The predicted molar refractivity (Wildman–Crippen MR) is 92.8 cm³/mol. The Morgan fingerprint density at radius 2 is 1.00 bits per heavy atom. The van der Waals surface area contributed by atoms with Crippen molar-refractivity contribution < 1.29 is 0 Å². The van der Waals surface area contributed by atoms with Crippen molar-refractivity contribution in [3.63, 3.8) is 0 Å². The maximum Gasteiger partial charge on any atom is 0.0383 e. The summed E-state index contributed by atoms with van der Waals surface area (Å²) in [5.41, 5.74) is 2.57. The van der Waals surface area contributed by atoms with Crippen molar-refractivity contribution in [2.24, 2.45) is 0 Å². The van der Waals surface area contributed by atoms with E-state index in [-0.39, 0.29) is 0 Å². The van der Waals surface area contributed by atoms with Gasteiger partial charge in [0.2, 0.25) is 0 Å². The first-order chi connectivity index (χ1) is 10.4. The van der Waals surface area contributed by atoms with Crippen molar-refractivity contribution in [3.05, 3.63) is 84.2 Å². The fraction of sp³-hybridized carbons (Fsp3) is 0.111. The monoisotopic (exact) mass is 311 g/mol. The van der Waals surface area contributed by atoms with Crippen LogP contribution < -0.4 is 0 Å². The zero-order valence-corrected chi connectivity index (χ0v) is 13.3. The van der Waals surface area contributed by atoms with Crippen LogP contribution in [0.25, 0.3) is 0 Å². The van der Waals surface area contributed by atoms with Gasteiger partial charge in [-0.1, -0.05) is 36.4 Å². The number of nitrogens with one attached hydrogen (secondary N) is 1. The highest BCUT2D eigenvalue weighted by Crippen LogP contribution is 2.24. The third-order valence-electron chi connectivity index (χ3n) is 3.08. The summed E-state index contributed by atoms with van der Waals surface area (Å²) in [6.45, 7) is 0. The lowest BCUT2D eigenvalue weighted by Crippen LogP contribution is -1.84. The summed E-state index contributed by atoms with van der Waals surface area (Å²) >= 11 is 3.73. The maximum atomic E-state index is 3.51. The largest absolute Gasteiger partial charge is 0.361 e. The van der Waals surface area contributed by atoms with Gasteiger partial charge >= 0.3 is 0 Å². The third kappa shape index (κ3) is 4.45. The minimum Gasteiger partial charge on any atom is -0.361 e. The summed E-state index contributed by atoms with van der Waals surface area (Å²) in [5.74, 6) is 1.97. The zero-order valence-electron chi connectivity index (χ0n) is 11.7. The Bertz CT molecular complexity index is 604. The van der Waals surface area contributed by atoms with Crippen molar-refractivity contribution in [1.82, 2.24) is 4.98 Å². The van der Waals surface area contributed by atoms with Gasteiger partial charge < -0.3 is 4.98 Å². The van der Waals surface area contributed by atoms with E-state index in [9.17, 15) is 0 Å². The first-order valence-electron chi connectivity index (χ1n) is 6.92. The summed E-state index contributed by atoms with van der Waals surface area (Å²) in [4.78, 5) is 6.14. The minimum atomic E-state index is 0.986. The van der Waals surface area contributed by atoms with E-state index in [1.165, 1.54) is 21.2 Å². The molecule has 0 atom stereocenters. The quantitative estimate of drug-likeness (QED) is 0.596. The van der Waals surface area contributed by atoms with E-state index >= 15 is 0 Å². The number of aromatic nitrogens is 1. The van der Waals surface area contributed by atoms with Crippen LogP contribution in [0, 0.1) is 0 Å². The molecule has 1 aromatic heterocycles. The van der Waals surface area contributed by atoms with Crippen LogP contribution in [-0.2, 0) is 11.5 Å². The summed E-state index contributed by atoms with van der Waals surface area (Å²) < 4.78 is 0. The molecule has 0 aliphatic heterocycles. The summed E-state index contributed by atoms with van der Waals surface area (Å²) in [7, 11) is 0.